The van der Waals surface area contributed by atoms with Crippen molar-refractivity contribution >= 4 is 5.78 Å². The Labute approximate surface area is 80.7 Å². The van der Waals surface area contributed by atoms with E-state index in [1.165, 1.54) is 13.0 Å². The number of benzene rings is 1. The van der Waals surface area contributed by atoms with E-state index in [2.05, 4.69) is 0 Å². The Kier molecular flexibility index (Phi) is 3.30. The van der Waals surface area contributed by atoms with E-state index in [4.69, 9.17) is 5.73 Å². The number of ketones is 1. The Morgan fingerprint density at radius 1 is 1.43 bits per heavy atom. The number of rotatable bonds is 3. The van der Waals surface area contributed by atoms with Gasteiger partial charge in [0.05, 0.1) is 0 Å². The molecule has 0 aliphatic carbocycles. The lowest BCUT2D eigenvalue weighted by atomic mass is 10.0. The molecule has 2 nitrogen and oxygen atoms in total. The number of carbonyl (C=O) groups excluding carboxylic acids is 1. The van der Waals surface area contributed by atoms with E-state index >= 15 is 0 Å². The summed E-state index contributed by atoms with van der Waals surface area (Å²) in [5.41, 5.74) is 6.03. The van der Waals surface area contributed by atoms with Crippen molar-refractivity contribution in [3.8, 4) is 0 Å². The van der Waals surface area contributed by atoms with Gasteiger partial charge in [0, 0.05) is 12.5 Å². The van der Waals surface area contributed by atoms with Gasteiger partial charge in [-0.3, -0.25) is 4.79 Å². The van der Waals surface area contributed by atoms with Gasteiger partial charge < -0.3 is 5.73 Å². The molecule has 0 amide bonds. The van der Waals surface area contributed by atoms with E-state index in [1.54, 1.807) is 0 Å². The highest BCUT2D eigenvalue weighted by Gasteiger charge is 2.11. The number of halogens is 2. The first-order valence-corrected chi connectivity index (χ1v) is 4.20. The van der Waals surface area contributed by atoms with Crippen LogP contribution < -0.4 is 5.73 Å². The van der Waals surface area contributed by atoms with Crippen molar-refractivity contribution in [1.82, 2.24) is 0 Å². The standard InChI is InChI=1S/C10H11F2NO/c1-6(14)4-10(13)7-2-3-8(11)9(12)5-7/h2-3,5,10H,4,13H2,1H3. The zero-order valence-corrected chi connectivity index (χ0v) is 7.76. The molecule has 0 aliphatic rings. The van der Waals surface area contributed by atoms with E-state index in [1.807, 2.05) is 0 Å². The molecule has 0 aliphatic heterocycles. The highest BCUT2D eigenvalue weighted by molar-refractivity contribution is 5.76. The summed E-state index contributed by atoms with van der Waals surface area (Å²) >= 11 is 0. The molecule has 0 bridgehead atoms. The average molecular weight is 199 g/mol. The molecule has 2 N–H and O–H groups in total. The minimum Gasteiger partial charge on any atom is -0.324 e. The van der Waals surface area contributed by atoms with Crippen LogP contribution in [0, 0.1) is 11.6 Å². The number of Topliss-reactive ketones (excluding diaryl/α,β-unsaturated/α-hetero) is 1. The third kappa shape index (κ3) is 2.60. The van der Waals surface area contributed by atoms with Gasteiger partial charge in [-0.2, -0.15) is 0 Å². The smallest absolute Gasteiger partial charge is 0.159 e. The molecule has 1 aromatic rings. The molecular weight excluding hydrogens is 188 g/mol. The van der Waals surface area contributed by atoms with Crippen LogP contribution in [0.2, 0.25) is 0 Å². The summed E-state index contributed by atoms with van der Waals surface area (Å²) in [6.07, 6.45) is 0.130. The maximum atomic E-state index is 12.8. The molecule has 1 unspecified atom stereocenters. The van der Waals surface area contributed by atoms with Crippen molar-refractivity contribution in [3.05, 3.63) is 35.4 Å². The fourth-order valence-corrected chi connectivity index (χ4v) is 1.17. The Bertz CT molecular complexity index is 352. The van der Waals surface area contributed by atoms with E-state index in [-0.39, 0.29) is 12.2 Å². The summed E-state index contributed by atoms with van der Waals surface area (Å²) in [7, 11) is 0. The Morgan fingerprint density at radius 2 is 2.07 bits per heavy atom. The zero-order valence-electron chi connectivity index (χ0n) is 7.76. The molecule has 0 radical (unpaired) electrons. The molecule has 0 saturated heterocycles. The molecule has 14 heavy (non-hydrogen) atoms. The fraction of sp³-hybridized carbons (Fsp3) is 0.300. The second-order valence-electron chi connectivity index (χ2n) is 3.19. The topological polar surface area (TPSA) is 43.1 Å². The van der Waals surface area contributed by atoms with Gasteiger partial charge in [-0.15, -0.1) is 0 Å². The molecule has 0 spiro atoms. The second-order valence-corrected chi connectivity index (χ2v) is 3.19. The Morgan fingerprint density at radius 3 is 2.57 bits per heavy atom. The summed E-state index contributed by atoms with van der Waals surface area (Å²) in [5.74, 6) is -1.94. The minimum atomic E-state index is -0.943. The highest BCUT2D eigenvalue weighted by Crippen LogP contribution is 2.17. The lowest BCUT2D eigenvalue weighted by molar-refractivity contribution is -0.117. The van der Waals surface area contributed by atoms with Gasteiger partial charge in [-0.25, -0.2) is 8.78 Å². The lowest BCUT2D eigenvalue weighted by Crippen LogP contribution is -2.14. The lowest BCUT2D eigenvalue weighted by Gasteiger charge is -2.09. The van der Waals surface area contributed by atoms with Gasteiger partial charge in [0.25, 0.3) is 0 Å². The second kappa shape index (κ2) is 4.28. The largest absolute Gasteiger partial charge is 0.324 e. The predicted molar refractivity (Wildman–Crippen MR) is 48.6 cm³/mol. The third-order valence-electron chi connectivity index (χ3n) is 1.88. The van der Waals surface area contributed by atoms with Gasteiger partial charge >= 0.3 is 0 Å². The predicted octanol–water partition coefficient (Wildman–Crippen LogP) is 1.94. The first-order chi connectivity index (χ1) is 6.50. The molecular formula is C10H11F2NO. The van der Waals surface area contributed by atoms with Crippen LogP contribution in [0.3, 0.4) is 0 Å². The molecule has 0 saturated carbocycles. The third-order valence-corrected chi connectivity index (χ3v) is 1.88. The van der Waals surface area contributed by atoms with Crippen molar-refractivity contribution < 1.29 is 13.6 Å². The van der Waals surface area contributed by atoms with Crippen molar-refractivity contribution in [3.63, 3.8) is 0 Å². The van der Waals surface area contributed by atoms with Crippen LogP contribution in [0.25, 0.3) is 0 Å². The maximum Gasteiger partial charge on any atom is 0.159 e. The molecule has 0 aromatic heterocycles. The summed E-state index contributed by atoms with van der Waals surface area (Å²) in [6, 6.07) is 2.84. The van der Waals surface area contributed by atoms with E-state index < -0.39 is 17.7 Å². The van der Waals surface area contributed by atoms with Crippen molar-refractivity contribution in [2.24, 2.45) is 5.73 Å². The van der Waals surface area contributed by atoms with Gasteiger partial charge in [-0.1, -0.05) is 6.07 Å². The van der Waals surface area contributed by atoms with Crippen molar-refractivity contribution in [2.75, 3.05) is 0 Å². The number of carbonyl (C=O) groups is 1. The zero-order chi connectivity index (χ0) is 10.7. The summed E-state index contributed by atoms with van der Waals surface area (Å²) in [6.45, 7) is 1.40. The fourth-order valence-electron chi connectivity index (χ4n) is 1.17. The summed E-state index contributed by atoms with van der Waals surface area (Å²) < 4.78 is 25.3. The van der Waals surface area contributed by atoms with Gasteiger partial charge in [-0.05, 0) is 24.6 Å². The quantitative estimate of drug-likeness (QED) is 0.808. The first kappa shape index (κ1) is 10.8. The first-order valence-electron chi connectivity index (χ1n) is 4.20. The van der Waals surface area contributed by atoms with Crippen LogP contribution in [0.4, 0.5) is 8.78 Å². The van der Waals surface area contributed by atoms with Gasteiger partial charge in [0.1, 0.15) is 5.78 Å². The molecule has 76 valence electrons. The molecule has 1 atom stereocenters. The minimum absolute atomic E-state index is 0.0813. The molecule has 1 aromatic carbocycles. The monoisotopic (exact) mass is 199 g/mol. The van der Waals surface area contributed by atoms with Crippen molar-refractivity contribution in [1.29, 1.82) is 0 Å². The van der Waals surface area contributed by atoms with E-state index in [0.29, 0.717) is 5.56 Å². The molecule has 0 heterocycles. The van der Waals surface area contributed by atoms with Crippen molar-refractivity contribution in [2.45, 2.75) is 19.4 Å². The van der Waals surface area contributed by atoms with Gasteiger partial charge in [0.15, 0.2) is 11.6 Å². The number of hydrogen-bond acceptors (Lipinski definition) is 2. The van der Waals surface area contributed by atoms with Crippen LogP contribution in [0.5, 0.6) is 0 Å². The molecule has 4 heteroatoms. The Balaban J connectivity index is 2.85. The average Bonchev–Trinajstić information content (AvgIpc) is 2.08. The summed E-state index contributed by atoms with van der Waals surface area (Å²) in [4.78, 5) is 10.7. The SMILES string of the molecule is CC(=O)CC(N)c1ccc(F)c(F)c1. The molecule has 0 fully saturated rings. The van der Waals surface area contributed by atoms with Crippen LogP contribution in [0.15, 0.2) is 18.2 Å². The van der Waals surface area contributed by atoms with E-state index in [0.717, 1.165) is 12.1 Å². The van der Waals surface area contributed by atoms with Crippen LogP contribution >= 0.6 is 0 Å². The normalized spacial score (nSPS) is 12.6. The molecule has 1 rings (SSSR count). The Hall–Kier alpha value is -1.29. The van der Waals surface area contributed by atoms with Gasteiger partial charge in [0.2, 0.25) is 0 Å². The van der Waals surface area contributed by atoms with E-state index in [9.17, 15) is 13.6 Å². The maximum absolute atomic E-state index is 12.8. The highest BCUT2D eigenvalue weighted by atomic mass is 19.2. The van der Waals surface area contributed by atoms with Crippen LogP contribution in [0.1, 0.15) is 24.9 Å². The number of hydrogen-bond donors (Lipinski definition) is 1. The number of nitrogens with two attached hydrogens (primary N) is 1. The van der Waals surface area contributed by atoms with Crippen LogP contribution in [-0.4, -0.2) is 5.78 Å². The summed E-state index contributed by atoms with van der Waals surface area (Å²) in [5, 5.41) is 0. The van der Waals surface area contributed by atoms with Crippen LogP contribution in [-0.2, 0) is 4.79 Å².